The highest BCUT2D eigenvalue weighted by atomic mass is 35.5. The summed E-state index contributed by atoms with van der Waals surface area (Å²) in [4.78, 5) is 9.70. The predicted octanol–water partition coefficient (Wildman–Crippen LogP) is 2.85. The molecular weight excluding hydrogens is 830 g/mol. The summed E-state index contributed by atoms with van der Waals surface area (Å²) in [5.41, 5.74) is 29.1. The van der Waals surface area contributed by atoms with Crippen molar-refractivity contribution in [1.82, 2.24) is 15.0 Å². The first-order valence-corrected chi connectivity index (χ1v) is 20.5. The minimum absolute atomic E-state index is 0.0173. The summed E-state index contributed by atoms with van der Waals surface area (Å²) in [6.45, 7) is 0. The van der Waals surface area contributed by atoms with E-state index in [1.54, 1.807) is 24.3 Å². The number of nitrogen functional groups attached to an aromatic ring is 5. The molecule has 0 fully saturated rings. The van der Waals surface area contributed by atoms with Crippen molar-refractivity contribution in [1.29, 1.82) is 0 Å². The normalized spacial score (nSPS) is 11.9. The molecule has 0 amide bonds. The average molecular weight is 858 g/mol. The number of nitrogens with one attached hydrogen (secondary N) is 1. The lowest BCUT2D eigenvalue weighted by molar-refractivity contribution is 0.479. The third kappa shape index (κ3) is 10.3. The number of halogens is 1. The van der Waals surface area contributed by atoms with Crippen LogP contribution in [0.15, 0.2) is 98.4 Å². The van der Waals surface area contributed by atoms with Gasteiger partial charge in [-0.15, -0.1) is 0 Å². The number of benzene rings is 5. The molecule has 0 unspecified atom stereocenters. The Labute approximate surface area is 317 Å². The number of nitrogens with zero attached hydrogens (tertiary/aromatic N) is 3. The lowest BCUT2D eigenvalue weighted by Crippen LogP contribution is -2.06. The topological polar surface area (TPSA) is 398 Å². The van der Waals surface area contributed by atoms with Crippen LogP contribution in [-0.4, -0.2) is 66.8 Å². The maximum absolute atomic E-state index is 11.7. The first-order valence-electron chi connectivity index (χ1n) is 14.4. The SMILES string of the molecule is Nc1cc(S(=O)(=O)O)ccc1S(=O)(=O)O.Nc1ccc(N)c2cc(S(=O)(=O)O)ccc12.Nc1nc(Cl)nc(Nc2ccc(N)c3cccc(S(=O)(=O)O)c23)n1. The molecule has 0 saturated carbocycles. The Morgan fingerprint density at radius 2 is 1.04 bits per heavy atom. The van der Waals surface area contributed by atoms with E-state index in [1.165, 1.54) is 36.4 Å². The first kappa shape index (κ1) is 42.1. The number of aromatic nitrogens is 3. The Morgan fingerprint density at radius 3 is 1.58 bits per heavy atom. The van der Waals surface area contributed by atoms with Gasteiger partial charge in [-0.2, -0.15) is 48.6 Å². The van der Waals surface area contributed by atoms with Crippen LogP contribution in [0.2, 0.25) is 5.28 Å². The van der Waals surface area contributed by atoms with Crippen LogP contribution in [0.1, 0.15) is 0 Å². The van der Waals surface area contributed by atoms with Gasteiger partial charge in [0.05, 0.1) is 21.2 Å². The molecule has 15 N–H and O–H groups in total. The van der Waals surface area contributed by atoms with Crippen LogP contribution in [0.5, 0.6) is 0 Å². The summed E-state index contributed by atoms with van der Waals surface area (Å²) in [7, 11) is -17.6. The van der Waals surface area contributed by atoms with Gasteiger partial charge in [-0.1, -0.05) is 18.2 Å². The Hall–Kier alpha value is -5.64. The second-order valence-corrected chi connectivity index (χ2v) is 16.8. The molecule has 0 bridgehead atoms. The maximum Gasteiger partial charge on any atom is 0.296 e. The van der Waals surface area contributed by atoms with Crippen LogP contribution >= 0.6 is 11.6 Å². The van der Waals surface area contributed by atoms with E-state index in [2.05, 4.69) is 20.3 Å². The predicted molar refractivity (Wildman–Crippen MR) is 204 cm³/mol. The average Bonchev–Trinajstić information content (AvgIpc) is 3.06. The Morgan fingerprint density at radius 1 is 0.509 bits per heavy atom. The van der Waals surface area contributed by atoms with Crippen molar-refractivity contribution in [3.63, 3.8) is 0 Å². The molecule has 6 rings (SSSR count). The van der Waals surface area contributed by atoms with E-state index < -0.39 is 56.0 Å². The van der Waals surface area contributed by atoms with Gasteiger partial charge in [0.15, 0.2) is 0 Å². The summed E-state index contributed by atoms with van der Waals surface area (Å²) >= 11 is 5.73. The highest BCUT2D eigenvalue weighted by Crippen LogP contribution is 2.35. The Kier molecular flexibility index (Phi) is 12.0. The van der Waals surface area contributed by atoms with Crippen LogP contribution in [0.3, 0.4) is 0 Å². The van der Waals surface area contributed by atoms with E-state index in [1.807, 2.05) is 0 Å². The van der Waals surface area contributed by atoms with Gasteiger partial charge in [0.2, 0.25) is 17.2 Å². The smallest absolute Gasteiger partial charge is 0.296 e. The molecule has 55 heavy (non-hydrogen) atoms. The summed E-state index contributed by atoms with van der Waals surface area (Å²) in [6.07, 6.45) is 0. The maximum atomic E-state index is 11.7. The molecule has 292 valence electrons. The van der Waals surface area contributed by atoms with Crippen LogP contribution in [-0.2, 0) is 40.5 Å². The minimum Gasteiger partial charge on any atom is -0.398 e. The fourth-order valence-electron chi connectivity index (χ4n) is 4.71. The zero-order valence-electron chi connectivity index (χ0n) is 27.3. The van der Waals surface area contributed by atoms with Crippen molar-refractivity contribution in [2.45, 2.75) is 19.6 Å². The molecule has 0 spiro atoms. The van der Waals surface area contributed by atoms with Crippen molar-refractivity contribution in [3.05, 3.63) is 84.1 Å². The molecule has 1 aromatic heterocycles. The molecule has 1 heterocycles. The number of anilines is 7. The number of hydrogen-bond donors (Lipinski definition) is 10. The molecular formula is C29H28ClN9O12S4. The van der Waals surface area contributed by atoms with Gasteiger partial charge in [-0.05, 0) is 72.3 Å². The van der Waals surface area contributed by atoms with Gasteiger partial charge < -0.3 is 34.0 Å². The van der Waals surface area contributed by atoms with Gasteiger partial charge in [-0.3, -0.25) is 18.2 Å². The van der Waals surface area contributed by atoms with Gasteiger partial charge in [-0.25, -0.2) is 0 Å². The molecule has 0 aliphatic rings. The third-order valence-corrected chi connectivity index (χ3v) is 10.8. The molecule has 21 nitrogen and oxygen atoms in total. The largest absolute Gasteiger partial charge is 0.398 e. The van der Waals surface area contributed by atoms with Gasteiger partial charge in [0.1, 0.15) is 9.79 Å². The number of fused-ring (bicyclic) bond motifs is 2. The van der Waals surface area contributed by atoms with E-state index in [9.17, 15) is 38.2 Å². The minimum atomic E-state index is -4.50. The van der Waals surface area contributed by atoms with Gasteiger partial charge in [0, 0.05) is 38.6 Å². The summed E-state index contributed by atoms with van der Waals surface area (Å²) in [5, 5.41) is 4.48. The second kappa shape index (κ2) is 15.6. The molecule has 0 atom stereocenters. The van der Waals surface area contributed by atoms with Crippen LogP contribution in [0.25, 0.3) is 21.5 Å². The van der Waals surface area contributed by atoms with Crippen LogP contribution in [0, 0.1) is 0 Å². The van der Waals surface area contributed by atoms with Gasteiger partial charge in [0.25, 0.3) is 40.5 Å². The van der Waals surface area contributed by atoms with Crippen LogP contribution < -0.4 is 34.0 Å². The summed E-state index contributed by atoms with van der Waals surface area (Å²) < 4.78 is 124. The molecule has 0 saturated heterocycles. The second-order valence-electron chi connectivity index (χ2n) is 10.8. The standard InChI is InChI=1S/C13H11ClN6O3S.C10H10N2O3S.C6H7NO6S2/c14-11-18-12(16)20-13(19-11)17-8-5-4-7(15)6-2-1-3-9(10(6)8)24(21,22)23;11-9-3-4-10(12)8-5-6(16(13,14)15)1-2-7(8)9;7-5-3-4(14(8,9)10)1-2-6(5)15(11,12)13/h1-5H,15H2,(H,21,22,23)(H3,16,17,18,19,20);1-5H,11-12H2,(H,13,14,15);1-3H,7H2,(H,8,9,10)(H,11,12,13). The van der Waals surface area contributed by atoms with E-state index >= 15 is 0 Å². The molecule has 0 aliphatic heterocycles. The van der Waals surface area contributed by atoms with Crippen LogP contribution in [0.4, 0.5) is 40.3 Å². The lowest BCUT2D eigenvalue weighted by atomic mass is 10.1. The van der Waals surface area contributed by atoms with E-state index in [0.717, 1.165) is 18.2 Å². The van der Waals surface area contributed by atoms with Crippen molar-refractivity contribution in [3.8, 4) is 0 Å². The third-order valence-electron chi connectivity index (χ3n) is 7.10. The lowest BCUT2D eigenvalue weighted by Gasteiger charge is -2.13. The van der Waals surface area contributed by atoms with Crippen molar-refractivity contribution in [2.24, 2.45) is 0 Å². The van der Waals surface area contributed by atoms with Crippen molar-refractivity contribution in [2.75, 3.05) is 34.0 Å². The highest BCUT2D eigenvalue weighted by Gasteiger charge is 2.20. The van der Waals surface area contributed by atoms with Gasteiger partial charge >= 0.3 is 0 Å². The van der Waals surface area contributed by atoms with E-state index in [4.69, 9.17) is 53.9 Å². The van der Waals surface area contributed by atoms with E-state index in [-0.39, 0.29) is 32.4 Å². The fourth-order valence-corrected chi connectivity index (χ4v) is 7.23. The molecule has 5 aromatic carbocycles. The quantitative estimate of drug-likeness (QED) is 0.0850. The Balaban J connectivity index is 0.000000191. The van der Waals surface area contributed by atoms with Crippen molar-refractivity contribution < 1.29 is 51.9 Å². The molecule has 0 radical (unpaired) electrons. The summed E-state index contributed by atoms with van der Waals surface area (Å²) in [6, 6.07) is 17.1. The number of nitrogens with two attached hydrogens (primary N) is 5. The summed E-state index contributed by atoms with van der Waals surface area (Å²) in [5.74, 6) is -0.0871. The zero-order valence-corrected chi connectivity index (χ0v) is 31.3. The molecule has 0 aliphatic carbocycles. The molecule has 26 heteroatoms. The van der Waals surface area contributed by atoms with Crippen molar-refractivity contribution >= 4 is 114 Å². The number of hydrogen-bond acceptors (Lipinski definition) is 17. The fraction of sp³-hybridized carbons (Fsp3) is 0. The zero-order chi connectivity index (χ0) is 41.3. The Bertz CT molecular complexity index is 2920. The number of rotatable bonds is 6. The highest BCUT2D eigenvalue weighted by molar-refractivity contribution is 7.86. The first-order chi connectivity index (χ1) is 25.3. The monoisotopic (exact) mass is 857 g/mol. The van der Waals surface area contributed by atoms with E-state index in [0.29, 0.717) is 38.9 Å². The molecule has 6 aromatic rings.